The van der Waals surface area contributed by atoms with E-state index < -0.39 is 10.0 Å². The van der Waals surface area contributed by atoms with E-state index in [1.807, 2.05) is 0 Å². The molecule has 1 heterocycles. The van der Waals surface area contributed by atoms with E-state index in [9.17, 15) is 13.2 Å². The molecule has 1 aliphatic carbocycles. The molecular formula is C18H25N5O3S2. The zero-order valence-corrected chi connectivity index (χ0v) is 17.7. The quantitative estimate of drug-likeness (QED) is 0.687. The summed E-state index contributed by atoms with van der Waals surface area (Å²) < 4.78 is 29.5. The van der Waals surface area contributed by atoms with Crippen LogP contribution in [0.2, 0.25) is 0 Å². The van der Waals surface area contributed by atoms with Gasteiger partial charge in [-0.2, -0.15) is 4.31 Å². The molecule has 0 unspecified atom stereocenters. The van der Waals surface area contributed by atoms with Crippen molar-refractivity contribution in [1.29, 1.82) is 0 Å². The van der Waals surface area contributed by atoms with Crippen molar-refractivity contribution < 1.29 is 13.2 Å². The lowest BCUT2D eigenvalue weighted by molar-refractivity contribution is -0.113. The third kappa shape index (κ3) is 4.73. The Hall–Kier alpha value is -1.91. The molecule has 8 nitrogen and oxygen atoms in total. The number of carbonyl (C=O) groups is 1. The summed E-state index contributed by atoms with van der Waals surface area (Å²) in [6.07, 6.45) is 6.55. The second-order valence-electron chi connectivity index (χ2n) is 6.87. The summed E-state index contributed by atoms with van der Waals surface area (Å²) in [4.78, 5) is 12.5. The lowest BCUT2D eigenvalue weighted by Gasteiger charge is -2.30. The van der Waals surface area contributed by atoms with E-state index in [4.69, 9.17) is 0 Å². The maximum absolute atomic E-state index is 13.2. The highest BCUT2D eigenvalue weighted by Gasteiger charge is 2.31. The predicted molar refractivity (Wildman–Crippen MR) is 109 cm³/mol. The Morgan fingerprint density at radius 2 is 2.00 bits per heavy atom. The van der Waals surface area contributed by atoms with Gasteiger partial charge < -0.3 is 9.88 Å². The van der Waals surface area contributed by atoms with Gasteiger partial charge in [0.2, 0.25) is 15.9 Å². The van der Waals surface area contributed by atoms with Gasteiger partial charge in [-0.25, -0.2) is 8.42 Å². The molecule has 0 spiro atoms. The fraction of sp³-hybridized carbons (Fsp3) is 0.500. The Kier molecular flexibility index (Phi) is 6.73. The molecule has 0 radical (unpaired) electrons. The lowest BCUT2D eigenvalue weighted by Crippen LogP contribution is -2.38. The molecule has 1 amide bonds. The highest BCUT2D eigenvalue weighted by Crippen LogP contribution is 2.30. The first kappa shape index (κ1) is 20.8. The Morgan fingerprint density at radius 1 is 1.29 bits per heavy atom. The van der Waals surface area contributed by atoms with E-state index in [2.05, 4.69) is 15.5 Å². The molecule has 1 aromatic carbocycles. The van der Waals surface area contributed by atoms with Crippen molar-refractivity contribution in [2.24, 2.45) is 7.05 Å². The summed E-state index contributed by atoms with van der Waals surface area (Å²) in [6, 6.07) is 6.55. The number of amides is 1. The summed E-state index contributed by atoms with van der Waals surface area (Å²) in [5.74, 6) is -0.185. The molecule has 28 heavy (non-hydrogen) atoms. The molecule has 3 rings (SSSR count). The Balaban J connectivity index is 1.72. The number of anilines is 1. The molecule has 1 saturated carbocycles. The number of aromatic nitrogens is 3. The third-order valence-electron chi connectivity index (χ3n) is 4.91. The second-order valence-corrected chi connectivity index (χ2v) is 9.78. The predicted octanol–water partition coefficient (Wildman–Crippen LogP) is 2.50. The number of nitrogens with one attached hydrogen (secondary N) is 1. The maximum atomic E-state index is 13.2. The van der Waals surface area contributed by atoms with Gasteiger partial charge in [-0.15, -0.1) is 10.2 Å². The highest BCUT2D eigenvalue weighted by molar-refractivity contribution is 7.99. The van der Waals surface area contributed by atoms with Crippen LogP contribution in [0.4, 0.5) is 5.69 Å². The van der Waals surface area contributed by atoms with E-state index in [1.165, 1.54) is 16.1 Å². The van der Waals surface area contributed by atoms with Crippen LogP contribution in [0.25, 0.3) is 0 Å². The van der Waals surface area contributed by atoms with Crippen LogP contribution in [0, 0.1) is 0 Å². The second kappa shape index (κ2) is 9.06. The van der Waals surface area contributed by atoms with Crippen molar-refractivity contribution in [3.8, 4) is 0 Å². The summed E-state index contributed by atoms with van der Waals surface area (Å²) in [7, 11) is -0.267. The SMILES string of the molecule is CN(C1CCCCC1)S(=O)(=O)c1ccccc1NC(=O)CSc1nncn1C. The minimum Gasteiger partial charge on any atom is -0.324 e. The summed E-state index contributed by atoms with van der Waals surface area (Å²) in [5, 5.41) is 11.0. The molecule has 152 valence electrons. The van der Waals surface area contributed by atoms with E-state index in [0.29, 0.717) is 10.8 Å². The molecule has 2 aromatic rings. The number of carbonyl (C=O) groups excluding carboxylic acids is 1. The number of benzene rings is 1. The first-order valence-corrected chi connectivity index (χ1v) is 11.7. The molecule has 0 aliphatic heterocycles. The largest absolute Gasteiger partial charge is 0.324 e. The van der Waals surface area contributed by atoms with Crippen LogP contribution in [0.1, 0.15) is 32.1 Å². The molecule has 0 bridgehead atoms. The van der Waals surface area contributed by atoms with Crippen LogP contribution < -0.4 is 5.32 Å². The van der Waals surface area contributed by atoms with Crippen LogP contribution in [0.3, 0.4) is 0 Å². The Morgan fingerprint density at radius 3 is 2.68 bits per heavy atom. The number of aryl methyl sites for hydroxylation is 1. The van der Waals surface area contributed by atoms with E-state index >= 15 is 0 Å². The van der Waals surface area contributed by atoms with Crippen molar-refractivity contribution in [2.45, 2.75) is 48.2 Å². The number of rotatable bonds is 7. The average molecular weight is 424 g/mol. The van der Waals surface area contributed by atoms with Gasteiger partial charge in [-0.05, 0) is 25.0 Å². The number of hydrogen-bond donors (Lipinski definition) is 1. The zero-order valence-electron chi connectivity index (χ0n) is 16.0. The van der Waals surface area contributed by atoms with Gasteiger partial charge in [0.25, 0.3) is 0 Å². The molecule has 1 fully saturated rings. The minimum absolute atomic E-state index is 0.00831. The monoisotopic (exact) mass is 423 g/mol. The maximum Gasteiger partial charge on any atom is 0.245 e. The average Bonchev–Trinajstić information content (AvgIpc) is 3.11. The van der Waals surface area contributed by atoms with Crippen LogP contribution in [0.15, 0.2) is 40.6 Å². The topological polar surface area (TPSA) is 97.2 Å². The number of hydrogen-bond acceptors (Lipinski definition) is 6. The van der Waals surface area contributed by atoms with Gasteiger partial charge in [-0.3, -0.25) is 4.79 Å². The van der Waals surface area contributed by atoms with Crippen LogP contribution >= 0.6 is 11.8 Å². The molecule has 1 N–H and O–H groups in total. The molecule has 1 aromatic heterocycles. The summed E-state index contributed by atoms with van der Waals surface area (Å²) >= 11 is 1.24. The Bertz CT molecular complexity index is 923. The van der Waals surface area contributed by atoms with Gasteiger partial charge in [0.1, 0.15) is 11.2 Å². The van der Waals surface area contributed by atoms with E-state index in [1.54, 1.807) is 49.3 Å². The van der Waals surface area contributed by atoms with E-state index in [0.717, 1.165) is 32.1 Å². The molecular weight excluding hydrogens is 398 g/mol. The zero-order chi connectivity index (χ0) is 20.1. The van der Waals surface area contributed by atoms with Crippen LogP contribution in [-0.4, -0.2) is 52.2 Å². The Labute approximate surface area is 169 Å². The van der Waals surface area contributed by atoms with Gasteiger partial charge >= 0.3 is 0 Å². The van der Waals surface area contributed by atoms with Gasteiger partial charge in [0.15, 0.2) is 5.16 Å². The van der Waals surface area contributed by atoms with Gasteiger partial charge in [0.05, 0.1) is 11.4 Å². The fourth-order valence-electron chi connectivity index (χ4n) is 3.31. The number of para-hydroxylation sites is 1. The number of thioether (sulfide) groups is 1. The fourth-order valence-corrected chi connectivity index (χ4v) is 5.56. The van der Waals surface area contributed by atoms with Crippen molar-refractivity contribution in [3.05, 3.63) is 30.6 Å². The van der Waals surface area contributed by atoms with Gasteiger partial charge in [0, 0.05) is 20.1 Å². The molecule has 10 heteroatoms. The number of sulfonamides is 1. The molecule has 0 saturated heterocycles. The minimum atomic E-state index is -3.69. The number of nitrogens with zero attached hydrogens (tertiary/aromatic N) is 4. The highest BCUT2D eigenvalue weighted by atomic mass is 32.2. The first-order chi connectivity index (χ1) is 13.4. The van der Waals surface area contributed by atoms with Crippen LogP contribution in [-0.2, 0) is 21.9 Å². The van der Waals surface area contributed by atoms with Crippen LogP contribution in [0.5, 0.6) is 0 Å². The summed E-state index contributed by atoms with van der Waals surface area (Å²) in [6.45, 7) is 0. The standard InChI is InChI=1S/C18H25N5O3S2/c1-22-13-19-21-18(22)27-12-17(24)20-15-10-6-7-11-16(15)28(25,26)23(2)14-8-4-3-5-9-14/h6-7,10-11,13-14H,3-5,8-9,12H2,1-2H3,(H,20,24). The van der Waals surface area contributed by atoms with Gasteiger partial charge in [-0.1, -0.05) is 43.2 Å². The first-order valence-electron chi connectivity index (χ1n) is 9.23. The van der Waals surface area contributed by atoms with Crippen molar-refractivity contribution in [1.82, 2.24) is 19.1 Å². The third-order valence-corrected chi connectivity index (χ3v) is 7.91. The smallest absolute Gasteiger partial charge is 0.245 e. The van der Waals surface area contributed by atoms with Crippen molar-refractivity contribution in [3.63, 3.8) is 0 Å². The van der Waals surface area contributed by atoms with E-state index in [-0.39, 0.29) is 22.6 Å². The lowest BCUT2D eigenvalue weighted by atomic mass is 9.96. The molecule has 1 aliphatic rings. The normalized spacial score (nSPS) is 15.7. The molecule has 0 atom stereocenters. The summed E-state index contributed by atoms with van der Waals surface area (Å²) in [5.41, 5.74) is 0.300. The van der Waals surface area contributed by atoms with Crippen molar-refractivity contribution in [2.75, 3.05) is 18.1 Å². The van der Waals surface area contributed by atoms with Crippen molar-refractivity contribution >= 4 is 33.4 Å².